The second-order valence-electron chi connectivity index (χ2n) is 3.41. The van der Waals surface area contributed by atoms with Gasteiger partial charge in [0, 0.05) is 11.9 Å². The molecule has 0 bridgehead atoms. The monoisotopic (exact) mass is 227 g/mol. The molecule has 1 amide bonds. The van der Waals surface area contributed by atoms with Crippen LogP contribution in [0, 0.1) is 13.8 Å². The van der Waals surface area contributed by atoms with Gasteiger partial charge in [0.05, 0.1) is 4.90 Å². The summed E-state index contributed by atoms with van der Waals surface area (Å²) in [6, 6.07) is 3.23. The molecule has 0 fully saturated rings. The number of sulfone groups is 1. The van der Waals surface area contributed by atoms with Crippen molar-refractivity contribution in [3.05, 3.63) is 23.3 Å². The minimum Gasteiger partial charge on any atom is -0.328 e. The van der Waals surface area contributed by atoms with Gasteiger partial charge in [-0.05, 0) is 31.0 Å². The fourth-order valence-electron chi connectivity index (χ4n) is 1.51. The normalized spacial score (nSPS) is 11.1. The molecule has 0 atom stereocenters. The number of carbonyl (C=O) groups excluding carboxylic acids is 1. The molecule has 1 aromatic carbocycles. The summed E-state index contributed by atoms with van der Waals surface area (Å²) in [5.74, 6) is 0. The minimum atomic E-state index is -3.25. The molecule has 15 heavy (non-hydrogen) atoms. The van der Waals surface area contributed by atoms with Crippen molar-refractivity contribution in [3.63, 3.8) is 0 Å². The van der Waals surface area contributed by atoms with E-state index in [1.807, 2.05) is 6.92 Å². The predicted octanol–water partition coefficient (Wildman–Crippen LogP) is 1.28. The smallest absolute Gasteiger partial charge is 0.211 e. The highest BCUT2D eigenvalue weighted by Gasteiger charge is 2.14. The summed E-state index contributed by atoms with van der Waals surface area (Å²) in [6.07, 6.45) is 1.69. The van der Waals surface area contributed by atoms with Gasteiger partial charge in [-0.15, -0.1) is 0 Å². The van der Waals surface area contributed by atoms with Crippen LogP contribution in [-0.2, 0) is 14.6 Å². The Morgan fingerprint density at radius 2 is 1.87 bits per heavy atom. The van der Waals surface area contributed by atoms with Gasteiger partial charge < -0.3 is 5.32 Å². The molecule has 0 aliphatic rings. The number of aryl methyl sites for hydroxylation is 1. The standard InChI is InChI=1S/C10H13NO3S/c1-7-4-5-9(15(3,13)14)8(2)10(7)11-6-12/h4-6H,1-3H3,(H,11,12). The van der Waals surface area contributed by atoms with Crippen molar-refractivity contribution in [2.45, 2.75) is 18.7 Å². The molecule has 0 heterocycles. The minimum absolute atomic E-state index is 0.248. The van der Waals surface area contributed by atoms with Crippen LogP contribution < -0.4 is 5.32 Å². The van der Waals surface area contributed by atoms with E-state index >= 15 is 0 Å². The summed E-state index contributed by atoms with van der Waals surface area (Å²) >= 11 is 0. The van der Waals surface area contributed by atoms with Crippen molar-refractivity contribution in [1.29, 1.82) is 0 Å². The van der Waals surface area contributed by atoms with Gasteiger partial charge in [-0.25, -0.2) is 8.42 Å². The van der Waals surface area contributed by atoms with Crippen molar-refractivity contribution in [3.8, 4) is 0 Å². The fourth-order valence-corrected chi connectivity index (χ4v) is 2.48. The Morgan fingerprint density at radius 3 is 2.33 bits per heavy atom. The number of amides is 1. The summed E-state index contributed by atoms with van der Waals surface area (Å²) in [5, 5.41) is 2.51. The molecule has 1 N–H and O–H groups in total. The zero-order valence-electron chi connectivity index (χ0n) is 8.87. The van der Waals surface area contributed by atoms with Crippen LogP contribution in [-0.4, -0.2) is 21.1 Å². The van der Waals surface area contributed by atoms with Gasteiger partial charge in [0.25, 0.3) is 0 Å². The molecule has 0 saturated heterocycles. The van der Waals surface area contributed by atoms with Crippen molar-refractivity contribution in [2.24, 2.45) is 0 Å². The summed E-state index contributed by atoms with van der Waals surface area (Å²) in [5.41, 5.74) is 1.98. The fraction of sp³-hybridized carbons (Fsp3) is 0.300. The summed E-state index contributed by atoms with van der Waals surface area (Å²) in [6.45, 7) is 3.49. The lowest BCUT2D eigenvalue weighted by molar-refractivity contribution is -0.105. The lowest BCUT2D eigenvalue weighted by Gasteiger charge is -2.11. The van der Waals surface area contributed by atoms with E-state index in [2.05, 4.69) is 5.32 Å². The Balaban J connectivity index is 3.48. The summed E-state index contributed by atoms with van der Waals surface area (Å²) < 4.78 is 22.8. The van der Waals surface area contributed by atoms with E-state index in [9.17, 15) is 13.2 Å². The lowest BCUT2D eigenvalue weighted by Crippen LogP contribution is -2.05. The summed E-state index contributed by atoms with van der Waals surface area (Å²) in [4.78, 5) is 10.6. The average molecular weight is 227 g/mol. The zero-order chi connectivity index (χ0) is 11.6. The Morgan fingerprint density at radius 1 is 1.27 bits per heavy atom. The maximum absolute atomic E-state index is 11.4. The van der Waals surface area contributed by atoms with E-state index in [4.69, 9.17) is 0 Å². The van der Waals surface area contributed by atoms with Crippen LogP contribution in [0.4, 0.5) is 5.69 Å². The maximum Gasteiger partial charge on any atom is 0.211 e. The van der Waals surface area contributed by atoms with Crippen molar-refractivity contribution in [1.82, 2.24) is 0 Å². The van der Waals surface area contributed by atoms with Crippen molar-refractivity contribution in [2.75, 3.05) is 11.6 Å². The molecule has 0 radical (unpaired) electrons. The summed E-state index contributed by atoms with van der Waals surface area (Å²) in [7, 11) is -3.25. The number of nitrogens with one attached hydrogen (secondary N) is 1. The van der Waals surface area contributed by atoms with Crippen LogP contribution in [0.15, 0.2) is 17.0 Å². The van der Waals surface area contributed by atoms with Crippen LogP contribution in [0.5, 0.6) is 0 Å². The molecule has 0 aliphatic heterocycles. The number of hydrogen-bond donors (Lipinski definition) is 1. The molecule has 4 nitrogen and oxygen atoms in total. The van der Waals surface area contributed by atoms with Gasteiger partial charge >= 0.3 is 0 Å². The molecule has 5 heteroatoms. The van der Waals surface area contributed by atoms with Gasteiger partial charge in [0.15, 0.2) is 9.84 Å². The predicted molar refractivity (Wildman–Crippen MR) is 58.7 cm³/mol. The van der Waals surface area contributed by atoms with E-state index in [0.29, 0.717) is 17.7 Å². The van der Waals surface area contributed by atoms with Crippen LogP contribution in [0.1, 0.15) is 11.1 Å². The molecular weight excluding hydrogens is 214 g/mol. The van der Waals surface area contributed by atoms with Crippen LogP contribution >= 0.6 is 0 Å². The highest BCUT2D eigenvalue weighted by atomic mass is 32.2. The number of carbonyl (C=O) groups is 1. The van der Waals surface area contributed by atoms with Gasteiger partial charge in [0.1, 0.15) is 0 Å². The Hall–Kier alpha value is -1.36. The molecule has 0 spiro atoms. The Kier molecular flexibility index (Phi) is 3.14. The number of rotatable bonds is 3. The second kappa shape index (κ2) is 4.02. The van der Waals surface area contributed by atoms with E-state index in [1.165, 1.54) is 0 Å². The largest absolute Gasteiger partial charge is 0.328 e. The molecular formula is C10H13NO3S. The lowest BCUT2D eigenvalue weighted by atomic mass is 10.1. The molecule has 1 rings (SSSR count). The van der Waals surface area contributed by atoms with E-state index in [0.717, 1.165) is 11.8 Å². The third kappa shape index (κ3) is 2.36. The second-order valence-corrected chi connectivity index (χ2v) is 5.40. The first-order valence-electron chi connectivity index (χ1n) is 4.38. The van der Waals surface area contributed by atoms with Gasteiger partial charge in [-0.1, -0.05) is 6.07 Å². The molecule has 0 aliphatic carbocycles. The number of benzene rings is 1. The van der Waals surface area contributed by atoms with Crippen molar-refractivity contribution >= 4 is 21.9 Å². The topological polar surface area (TPSA) is 63.2 Å². The average Bonchev–Trinajstić information content (AvgIpc) is 2.09. The quantitative estimate of drug-likeness (QED) is 0.791. The number of anilines is 1. The van der Waals surface area contributed by atoms with Gasteiger partial charge in [-0.3, -0.25) is 4.79 Å². The van der Waals surface area contributed by atoms with E-state index < -0.39 is 9.84 Å². The van der Waals surface area contributed by atoms with Crippen LogP contribution in [0.3, 0.4) is 0 Å². The molecule has 0 saturated carbocycles. The number of hydrogen-bond acceptors (Lipinski definition) is 3. The third-order valence-electron chi connectivity index (χ3n) is 2.23. The SMILES string of the molecule is Cc1ccc(S(C)(=O)=O)c(C)c1NC=O. The Bertz CT molecular complexity index is 492. The first-order chi connectivity index (χ1) is 6.88. The molecule has 0 unspecified atom stereocenters. The zero-order valence-corrected chi connectivity index (χ0v) is 9.68. The molecule has 0 aromatic heterocycles. The van der Waals surface area contributed by atoms with Gasteiger partial charge in [0.2, 0.25) is 6.41 Å². The third-order valence-corrected chi connectivity index (χ3v) is 3.47. The maximum atomic E-state index is 11.4. The van der Waals surface area contributed by atoms with Crippen molar-refractivity contribution < 1.29 is 13.2 Å². The van der Waals surface area contributed by atoms with Gasteiger partial charge in [-0.2, -0.15) is 0 Å². The van der Waals surface area contributed by atoms with Crippen LogP contribution in [0.25, 0.3) is 0 Å². The first kappa shape index (κ1) is 11.7. The first-order valence-corrected chi connectivity index (χ1v) is 6.27. The van der Waals surface area contributed by atoms with E-state index in [1.54, 1.807) is 19.1 Å². The van der Waals surface area contributed by atoms with Crippen LogP contribution in [0.2, 0.25) is 0 Å². The Labute approximate surface area is 89.2 Å². The highest BCUT2D eigenvalue weighted by molar-refractivity contribution is 7.90. The highest BCUT2D eigenvalue weighted by Crippen LogP contribution is 2.26. The molecule has 1 aromatic rings. The molecule has 82 valence electrons. The van der Waals surface area contributed by atoms with E-state index in [-0.39, 0.29) is 4.90 Å².